The number of benzene rings is 3. The molecule has 0 bridgehead atoms. The van der Waals surface area contributed by atoms with E-state index in [1.54, 1.807) is 24.3 Å². The fourth-order valence-electron chi connectivity index (χ4n) is 2.78. The first-order chi connectivity index (χ1) is 13.5. The van der Waals surface area contributed by atoms with Gasteiger partial charge in [-0.15, -0.1) is 0 Å². The molecule has 3 aromatic rings. The lowest BCUT2D eigenvalue weighted by Gasteiger charge is -2.13. The van der Waals surface area contributed by atoms with Crippen LogP contribution in [0.5, 0.6) is 17.2 Å². The zero-order valence-electron chi connectivity index (χ0n) is 16.4. The van der Waals surface area contributed by atoms with Gasteiger partial charge in [-0.2, -0.15) is 0 Å². The lowest BCUT2D eigenvalue weighted by molar-refractivity contribution is -0.136. The van der Waals surface area contributed by atoms with E-state index in [-0.39, 0.29) is 6.61 Å². The second kappa shape index (κ2) is 9.09. The molecule has 0 fully saturated rings. The molecule has 3 aromatic carbocycles. The molecule has 0 N–H and O–H groups in total. The number of esters is 1. The van der Waals surface area contributed by atoms with Crippen LogP contribution in [-0.2, 0) is 11.4 Å². The van der Waals surface area contributed by atoms with Gasteiger partial charge in [0, 0.05) is 0 Å². The van der Waals surface area contributed by atoms with E-state index >= 15 is 0 Å². The van der Waals surface area contributed by atoms with Crippen LogP contribution in [-0.4, -0.2) is 12.6 Å². The van der Waals surface area contributed by atoms with Crippen molar-refractivity contribution in [2.75, 3.05) is 6.61 Å². The zero-order chi connectivity index (χ0) is 19.9. The maximum atomic E-state index is 12.1. The average Bonchev–Trinajstić information content (AvgIpc) is 2.71. The van der Waals surface area contributed by atoms with Crippen LogP contribution in [0, 0.1) is 20.8 Å². The van der Waals surface area contributed by atoms with E-state index in [1.807, 2.05) is 63.2 Å². The van der Waals surface area contributed by atoms with Crippen molar-refractivity contribution >= 4 is 5.97 Å². The lowest BCUT2D eigenvalue weighted by atomic mass is 10.1. The average molecular weight is 376 g/mol. The van der Waals surface area contributed by atoms with Crippen molar-refractivity contribution in [3.05, 3.63) is 89.0 Å². The molecular weight excluding hydrogens is 352 g/mol. The minimum Gasteiger partial charge on any atom is -0.489 e. The Kier molecular flexibility index (Phi) is 6.33. The van der Waals surface area contributed by atoms with Gasteiger partial charge in [-0.25, -0.2) is 4.79 Å². The highest BCUT2D eigenvalue weighted by atomic mass is 16.6. The molecule has 28 heavy (non-hydrogen) atoms. The van der Waals surface area contributed by atoms with Crippen molar-refractivity contribution in [3.8, 4) is 17.2 Å². The highest BCUT2D eigenvalue weighted by Gasteiger charge is 2.11. The minimum absolute atomic E-state index is 0.141. The van der Waals surface area contributed by atoms with Crippen molar-refractivity contribution in [1.29, 1.82) is 0 Å². The third kappa shape index (κ3) is 5.13. The van der Waals surface area contributed by atoms with Gasteiger partial charge in [0.25, 0.3) is 0 Å². The van der Waals surface area contributed by atoms with E-state index < -0.39 is 5.97 Å². The standard InChI is InChI=1S/C24H24O4/c1-17-9-10-18(2)24(19(17)3)27-16-23(25)28-22-13-11-21(12-14-22)26-15-20-7-5-4-6-8-20/h4-14H,15-16H2,1-3H3. The van der Waals surface area contributed by atoms with Gasteiger partial charge in [0.05, 0.1) is 0 Å². The van der Waals surface area contributed by atoms with Gasteiger partial charge < -0.3 is 14.2 Å². The molecule has 0 aliphatic heterocycles. The molecule has 0 spiro atoms. The normalized spacial score (nSPS) is 10.4. The van der Waals surface area contributed by atoms with Gasteiger partial charge in [0.1, 0.15) is 23.9 Å². The molecule has 0 heterocycles. The molecule has 4 heteroatoms. The Morgan fingerprint density at radius 3 is 2.11 bits per heavy atom. The van der Waals surface area contributed by atoms with Crippen molar-refractivity contribution < 1.29 is 19.0 Å². The molecule has 0 saturated carbocycles. The first kappa shape index (κ1) is 19.5. The van der Waals surface area contributed by atoms with Crippen LogP contribution in [0.3, 0.4) is 0 Å². The van der Waals surface area contributed by atoms with E-state index in [0.29, 0.717) is 18.1 Å². The Morgan fingerprint density at radius 2 is 1.39 bits per heavy atom. The summed E-state index contributed by atoms with van der Waals surface area (Å²) >= 11 is 0. The Morgan fingerprint density at radius 1 is 0.750 bits per heavy atom. The Labute approximate surface area is 165 Å². The fourth-order valence-corrected chi connectivity index (χ4v) is 2.78. The van der Waals surface area contributed by atoms with Crippen LogP contribution in [0.25, 0.3) is 0 Å². The minimum atomic E-state index is -0.446. The summed E-state index contributed by atoms with van der Waals surface area (Å²) in [5.74, 6) is 1.46. The second-order valence-corrected chi connectivity index (χ2v) is 6.66. The number of carbonyl (C=O) groups is 1. The number of rotatable bonds is 7. The third-order valence-electron chi connectivity index (χ3n) is 4.51. The predicted molar refractivity (Wildman–Crippen MR) is 109 cm³/mol. The van der Waals surface area contributed by atoms with Crippen LogP contribution in [0.2, 0.25) is 0 Å². The lowest BCUT2D eigenvalue weighted by Crippen LogP contribution is -2.18. The number of aryl methyl sites for hydroxylation is 2. The highest BCUT2D eigenvalue weighted by molar-refractivity contribution is 5.74. The summed E-state index contributed by atoms with van der Waals surface area (Å²) in [4.78, 5) is 12.1. The van der Waals surface area contributed by atoms with Crippen LogP contribution >= 0.6 is 0 Å². The molecule has 0 atom stereocenters. The summed E-state index contributed by atoms with van der Waals surface area (Å²) in [6.07, 6.45) is 0. The summed E-state index contributed by atoms with van der Waals surface area (Å²) in [5.41, 5.74) is 4.25. The second-order valence-electron chi connectivity index (χ2n) is 6.66. The molecule has 4 nitrogen and oxygen atoms in total. The first-order valence-corrected chi connectivity index (χ1v) is 9.20. The monoisotopic (exact) mass is 376 g/mol. The number of ether oxygens (including phenoxy) is 3. The maximum absolute atomic E-state index is 12.1. The van der Waals surface area contributed by atoms with Gasteiger partial charge in [0.2, 0.25) is 0 Å². The van der Waals surface area contributed by atoms with Gasteiger partial charge in [-0.3, -0.25) is 0 Å². The van der Waals surface area contributed by atoms with E-state index in [1.165, 1.54) is 0 Å². The van der Waals surface area contributed by atoms with E-state index in [4.69, 9.17) is 14.2 Å². The molecule has 0 amide bonds. The number of hydrogen-bond donors (Lipinski definition) is 0. The summed E-state index contributed by atoms with van der Waals surface area (Å²) in [6.45, 7) is 6.31. The van der Waals surface area contributed by atoms with Crippen LogP contribution < -0.4 is 14.2 Å². The Hall–Kier alpha value is -3.27. The van der Waals surface area contributed by atoms with Crippen LogP contribution in [0.4, 0.5) is 0 Å². The fraction of sp³-hybridized carbons (Fsp3) is 0.208. The van der Waals surface area contributed by atoms with E-state index in [0.717, 1.165) is 28.0 Å². The highest BCUT2D eigenvalue weighted by Crippen LogP contribution is 2.26. The number of carbonyl (C=O) groups excluding carboxylic acids is 1. The summed E-state index contributed by atoms with van der Waals surface area (Å²) in [5, 5.41) is 0. The summed E-state index contributed by atoms with van der Waals surface area (Å²) in [6, 6.07) is 20.9. The summed E-state index contributed by atoms with van der Waals surface area (Å²) in [7, 11) is 0. The Bertz CT molecular complexity index is 931. The maximum Gasteiger partial charge on any atom is 0.349 e. The van der Waals surface area contributed by atoms with Crippen molar-refractivity contribution in [3.63, 3.8) is 0 Å². The SMILES string of the molecule is Cc1ccc(C)c(OCC(=O)Oc2ccc(OCc3ccccc3)cc2)c1C. The molecule has 0 aromatic heterocycles. The number of hydrogen-bond acceptors (Lipinski definition) is 4. The van der Waals surface area contributed by atoms with Crippen LogP contribution in [0.15, 0.2) is 66.7 Å². The molecule has 0 radical (unpaired) electrons. The van der Waals surface area contributed by atoms with Crippen molar-refractivity contribution in [2.45, 2.75) is 27.4 Å². The molecule has 0 unspecified atom stereocenters. The molecule has 3 rings (SSSR count). The third-order valence-corrected chi connectivity index (χ3v) is 4.51. The van der Waals surface area contributed by atoms with Gasteiger partial charge in [-0.1, -0.05) is 42.5 Å². The molecule has 0 aliphatic carbocycles. The topological polar surface area (TPSA) is 44.8 Å². The summed E-state index contributed by atoms with van der Waals surface area (Å²) < 4.78 is 16.8. The molecule has 0 aliphatic rings. The molecular formula is C24H24O4. The quantitative estimate of drug-likeness (QED) is 0.421. The largest absolute Gasteiger partial charge is 0.489 e. The smallest absolute Gasteiger partial charge is 0.349 e. The van der Waals surface area contributed by atoms with Crippen LogP contribution in [0.1, 0.15) is 22.3 Å². The van der Waals surface area contributed by atoms with E-state index in [2.05, 4.69) is 0 Å². The first-order valence-electron chi connectivity index (χ1n) is 9.20. The Balaban J connectivity index is 1.51. The van der Waals surface area contributed by atoms with Gasteiger partial charge in [0.15, 0.2) is 6.61 Å². The van der Waals surface area contributed by atoms with Crippen molar-refractivity contribution in [1.82, 2.24) is 0 Å². The van der Waals surface area contributed by atoms with Gasteiger partial charge >= 0.3 is 5.97 Å². The van der Waals surface area contributed by atoms with E-state index in [9.17, 15) is 4.79 Å². The predicted octanol–water partition coefficient (Wildman–Crippen LogP) is 5.18. The van der Waals surface area contributed by atoms with Crippen molar-refractivity contribution in [2.24, 2.45) is 0 Å². The zero-order valence-corrected chi connectivity index (χ0v) is 16.4. The van der Waals surface area contributed by atoms with Gasteiger partial charge in [-0.05, 0) is 67.3 Å². The molecule has 144 valence electrons. The molecule has 0 saturated heterocycles.